The van der Waals surface area contributed by atoms with Gasteiger partial charge in [-0.15, -0.1) is 0 Å². The third-order valence-corrected chi connectivity index (χ3v) is 5.10. The number of hydrogen-bond acceptors (Lipinski definition) is 3. The molecule has 1 unspecified atom stereocenters. The van der Waals surface area contributed by atoms with E-state index in [4.69, 9.17) is 0 Å². The molecular weight excluding hydrogens is 624 g/mol. The molecule has 0 rings (SSSR count). The van der Waals surface area contributed by atoms with Crippen LogP contribution in [0.15, 0.2) is 0 Å². The van der Waals surface area contributed by atoms with Gasteiger partial charge in [0.05, 0.1) is 0 Å². The van der Waals surface area contributed by atoms with Gasteiger partial charge in [0.1, 0.15) is 0 Å². The van der Waals surface area contributed by atoms with Crippen LogP contribution in [0.3, 0.4) is 0 Å². The number of halogens is 19. The van der Waals surface area contributed by atoms with Crippen molar-refractivity contribution in [2.75, 3.05) is 0 Å². The minimum absolute atomic E-state index is 0. The Kier molecular flexibility index (Phi) is 10.7. The molecule has 0 saturated heterocycles. The van der Waals surface area contributed by atoms with Crippen molar-refractivity contribution >= 4 is 10.1 Å². The molecule has 0 aromatic carbocycles. The normalized spacial score (nSPS) is 17.0. The zero-order valence-corrected chi connectivity index (χ0v) is 20.5. The van der Waals surface area contributed by atoms with Gasteiger partial charge in [0, 0.05) is 0 Å². The molecule has 212 valence electrons. The standard InChI is InChI=1S/C12H7F19O3S.K/c1-2-3(13)4(14,15)5(16,17)6(18,19)7(20,21)8(22,23)9(24,25)10(26,27)11(28,29)12(30,31)35(32,33)34;/h3H,2H2,1H3,(H,32,33,34);/q;+1/p-1. The molecule has 36 heavy (non-hydrogen) atoms. The topological polar surface area (TPSA) is 57.2 Å². The fourth-order valence-corrected chi connectivity index (χ4v) is 2.43. The van der Waals surface area contributed by atoms with Crippen LogP contribution in [-0.2, 0) is 10.1 Å². The Balaban J connectivity index is 0. The summed E-state index contributed by atoms with van der Waals surface area (Å²) in [5.74, 6) is -69.0. The summed E-state index contributed by atoms with van der Waals surface area (Å²) in [6.45, 7) is 0.139. The molecule has 0 aromatic heterocycles. The molecule has 0 saturated carbocycles. The largest absolute Gasteiger partial charge is 1.00 e. The van der Waals surface area contributed by atoms with E-state index in [2.05, 4.69) is 0 Å². The summed E-state index contributed by atoms with van der Waals surface area (Å²) in [5, 5.41) is -8.07. The third-order valence-electron chi connectivity index (χ3n) is 4.22. The molecular formula is C12H6F19KO3S. The van der Waals surface area contributed by atoms with E-state index in [9.17, 15) is 96.4 Å². The van der Waals surface area contributed by atoms with Gasteiger partial charge in [0.25, 0.3) is 0 Å². The van der Waals surface area contributed by atoms with Gasteiger partial charge in [0.15, 0.2) is 16.3 Å². The fourth-order valence-electron chi connectivity index (χ4n) is 1.99. The average molecular weight is 630 g/mol. The monoisotopic (exact) mass is 630 g/mol. The quantitative estimate of drug-likeness (QED) is 0.201. The van der Waals surface area contributed by atoms with Crippen LogP contribution in [0.2, 0.25) is 0 Å². The van der Waals surface area contributed by atoms with Gasteiger partial charge in [-0.3, -0.25) is 0 Å². The first kappa shape index (κ1) is 38.4. The molecule has 24 heteroatoms. The molecule has 0 aliphatic heterocycles. The van der Waals surface area contributed by atoms with Crippen molar-refractivity contribution in [3.8, 4) is 0 Å². The van der Waals surface area contributed by atoms with E-state index in [1.165, 1.54) is 0 Å². The van der Waals surface area contributed by atoms with Crippen molar-refractivity contribution in [1.82, 2.24) is 0 Å². The van der Waals surface area contributed by atoms with E-state index >= 15 is 0 Å². The van der Waals surface area contributed by atoms with E-state index in [0.29, 0.717) is 0 Å². The summed E-state index contributed by atoms with van der Waals surface area (Å²) >= 11 is 0. The Morgan fingerprint density at radius 3 is 1.00 bits per heavy atom. The molecule has 0 heterocycles. The third kappa shape index (κ3) is 4.74. The van der Waals surface area contributed by atoms with Gasteiger partial charge < -0.3 is 4.55 Å². The number of alkyl halides is 19. The maximum absolute atomic E-state index is 13.5. The van der Waals surface area contributed by atoms with E-state index < -0.39 is 75.3 Å². The van der Waals surface area contributed by atoms with E-state index in [-0.39, 0.29) is 58.3 Å². The Bertz CT molecular complexity index is 899. The van der Waals surface area contributed by atoms with Crippen LogP contribution in [0.1, 0.15) is 13.3 Å². The van der Waals surface area contributed by atoms with Crippen molar-refractivity contribution in [3.63, 3.8) is 0 Å². The Hall–Kier alpha value is 0.216. The second kappa shape index (κ2) is 10.00. The Labute approximate surface area is 228 Å². The summed E-state index contributed by atoms with van der Waals surface area (Å²) in [6, 6.07) is 0. The number of hydrogen-bond donors (Lipinski definition) is 0. The van der Waals surface area contributed by atoms with Gasteiger partial charge >= 0.3 is 104 Å². The molecule has 0 aromatic rings. The zero-order valence-electron chi connectivity index (χ0n) is 16.6. The predicted octanol–water partition coefficient (Wildman–Crippen LogP) is 2.96. The van der Waals surface area contributed by atoms with E-state index in [1.54, 1.807) is 0 Å². The summed E-state index contributed by atoms with van der Waals surface area (Å²) in [6.07, 6.45) is -6.60. The van der Waals surface area contributed by atoms with Crippen LogP contribution in [-0.4, -0.2) is 71.8 Å². The van der Waals surface area contributed by atoms with Crippen LogP contribution in [0.5, 0.6) is 0 Å². The summed E-state index contributed by atoms with van der Waals surface area (Å²) in [5.41, 5.74) is 0. The van der Waals surface area contributed by atoms with Gasteiger partial charge in [-0.25, -0.2) is 12.8 Å². The average Bonchev–Trinajstić information content (AvgIpc) is 2.64. The summed E-state index contributed by atoms with van der Waals surface area (Å²) in [4.78, 5) is 0. The fraction of sp³-hybridized carbons (Fsp3) is 1.00. The van der Waals surface area contributed by atoms with Crippen LogP contribution in [0, 0.1) is 0 Å². The summed E-state index contributed by atoms with van der Waals surface area (Å²) < 4.78 is 282. The predicted molar refractivity (Wildman–Crippen MR) is 69.4 cm³/mol. The maximum Gasteiger partial charge on any atom is 1.00 e. The molecule has 0 aliphatic rings. The minimum Gasteiger partial charge on any atom is -0.743 e. The molecule has 0 amide bonds. The van der Waals surface area contributed by atoms with Crippen LogP contribution in [0.25, 0.3) is 0 Å². The van der Waals surface area contributed by atoms with Gasteiger partial charge in [-0.2, -0.15) is 79.0 Å². The number of rotatable bonds is 11. The van der Waals surface area contributed by atoms with Gasteiger partial charge in [-0.05, 0) is 6.42 Å². The second-order valence-corrected chi connectivity index (χ2v) is 7.91. The Morgan fingerprint density at radius 1 is 0.556 bits per heavy atom. The van der Waals surface area contributed by atoms with Crippen LogP contribution >= 0.6 is 0 Å². The first-order chi connectivity index (χ1) is 14.7. The molecule has 0 N–H and O–H groups in total. The SMILES string of the molecule is CCC(F)C(F)(F)C(F)(F)C(F)(F)C(F)(F)C(F)(F)C(F)(F)C(F)(F)C(F)(F)C(F)(F)S(=O)(=O)[O-].[K+]. The van der Waals surface area contributed by atoms with Crippen molar-refractivity contribution in [3.05, 3.63) is 0 Å². The van der Waals surface area contributed by atoms with Crippen molar-refractivity contribution < 1.29 is 148 Å². The molecule has 0 bridgehead atoms. The van der Waals surface area contributed by atoms with Crippen LogP contribution in [0.4, 0.5) is 83.4 Å². The molecule has 3 nitrogen and oxygen atoms in total. The minimum atomic E-state index is -9.14. The van der Waals surface area contributed by atoms with Crippen molar-refractivity contribution in [2.45, 2.75) is 72.2 Å². The van der Waals surface area contributed by atoms with Crippen LogP contribution < -0.4 is 51.4 Å². The van der Waals surface area contributed by atoms with Gasteiger partial charge in [-0.1, -0.05) is 6.92 Å². The summed E-state index contributed by atoms with van der Waals surface area (Å²) in [7, 11) is -8.26. The molecule has 0 spiro atoms. The van der Waals surface area contributed by atoms with E-state index in [1.807, 2.05) is 0 Å². The molecule has 0 aliphatic carbocycles. The Morgan fingerprint density at radius 2 is 0.778 bits per heavy atom. The smallest absolute Gasteiger partial charge is 0.743 e. The van der Waals surface area contributed by atoms with Gasteiger partial charge in [0.2, 0.25) is 0 Å². The molecule has 0 radical (unpaired) electrons. The zero-order chi connectivity index (χ0) is 29.3. The maximum atomic E-state index is 13.5. The molecule has 0 fully saturated rings. The van der Waals surface area contributed by atoms with Crippen molar-refractivity contribution in [2.24, 2.45) is 0 Å². The molecule has 1 atom stereocenters. The first-order valence-corrected chi connectivity index (χ1v) is 9.14. The first-order valence-electron chi connectivity index (χ1n) is 7.73. The van der Waals surface area contributed by atoms with Crippen molar-refractivity contribution in [1.29, 1.82) is 0 Å². The second-order valence-electron chi connectivity index (χ2n) is 6.49. The van der Waals surface area contributed by atoms with E-state index in [0.717, 1.165) is 0 Å².